The number of hydrogen-bond donors (Lipinski definition) is 1. The molecule has 1 aromatic heterocycles. The number of rotatable bonds is 5. The van der Waals surface area contributed by atoms with Crippen LogP contribution >= 0.6 is 0 Å². The molecule has 1 aliphatic carbocycles. The Morgan fingerprint density at radius 3 is 2.68 bits per heavy atom. The molecule has 0 spiro atoms. The number of benzene rings is 1. The van der Waals surface area contributed by atoms with Gasteiger partial charge in [-0.2, -0.15) is 13.2 Å². The second-order valence-corrected chi connectivity index (χ2v) is 8.49. The fourth-order valence-corrected chi connectivity index (χ4v) is 4.02. The van der Waals surface area contributed by atoms with Crippen molar-refractivity contribution in [1.29, 1.82) is 0 Å². The van der Waals surface area contributed by atoms with E-state index in [0.717, 1.165) is 29.8 Å². The van der Waals surface area contributed by atoms with Gasteiger partial charge in [0.2, 0.25) is 0 Å². The zero-order valence-electron chi connectivity index (χ0n) is 18.6. The third-order valence-corrected chi connectivity index (χ3v) is 6.02. The van der Waals surface area contributed by atoms with E-state index in [2.05, 4.69) is 15.2 Å². The lowest BCUT2D eigenvalue weighted by atomic mass is 9.73. The average molecular weight is 471 g/mol. The number of morpholine rings is 1. The van der Waals surface area contributed by atoms with Crippen LogP contribution < -0.4 is 10.2 Å². The van der Waals surface area contributed by atoms with E-state index < -0.39 is 23.1 Å². The van der Waals surface area contributed by atoms with E-state index in [1.165, 1.54) is 12.1 Å². The first-order valence-corrected chi connectivity index (χ1v) is 10.9. The van der Waals surface area contributed by atoms with Crippen LogP contribution in [-0.2, 0) is 20.5 Å². The molecule has 1 unspecified atom stereocenters. The molecule has 4 rings (SSSR count). The van der Waals surface area contributed by atoms with Crippen molar-refractivity contribution >= 4 is 29.3 Å². The van der Waals surface area contributed by atoms with Crippen LogP contribution in [0.15, 0.2) is 60.3 Å². The van der Waals surface area contributed by atoms with Crippen molar-refractivity contribution in [1.82, 2.24) is 4.98 Å². The van der Waals surface area contributed by atoms with Gasteiger partial charge in [0, 0.05) is 30.5 Å². The van der Waals surface area contributed by atoms with Crippen molar-refractivity contribution < 1.29 is 27.5 Å². The van der Waals surface area contributed by atoms with Crippen molar-refractivity contribution in [3.8, 4) is 0 Å². The van der Waals surface area contributed by atoms with E-state index in [4.69, 9.17) is 4.74 Å². The summed E-state index contributed by atoms with van der Waals surface area (Å²) >= 11 is 0. The summed E-state index contributed by atoms with van der Waals surface area (Å²) in [5.41, 5.74) is 0.0121. The molecular weight excluding hydrogens is 447 g/mol. The third-order valence-electron chi connectivity index (χ3n) is 6.02. The largest absolute Gasteiger partial charge is 0.416 e. The molecule has 1 amide bonds. The highest BCUT2D eigenvalue weighted by atomic mass is 19.4. The number of aromatic nitrogens is 1. The number of halogens is 3. The third kappa shape index (κ3) is 5.04. The first-order valence-electron chi connectivity index (χ1n) is 10.9. The Balaban J connectivity index is 1.62. The quantitative estimate of drug-likeness (QED) is 0.651. The Labute approximate surface area is 195 Å². The summed E-state index contributed by atoms with van der Waals surface area (Å²) in [5, 5.41) is 2.53. The fourth-order valence-electron chi connectivity index (χ4n) is 4.02. The molecule has 2 aromatic rings. The maximum atomic E-state index is 13.0. The molecule has 0 saturated carbocycles. The van der Waals surface area contributed by atoms with Gasteiger partial charge in [-0.3, -0.25) is 4.79 Å². The van der Waals surface area contributed by atoms with Gasteiger partial charge in [-0.1, -0.05) is 12.1 Å². The number of nitrogens with zero attached hydrogens (tertiary/aromatic N) is 2. The van der Waals surface area contributed by atoms with Gasteiger partial charge in [0.25, 0.3) is 5.91 Å². The minimum absolute atomic E-state index is 0.0397. The number of carbonyl (C=O) groups is 2. The number of nitrogens with one attached hydrogen (secondary N) is 1. The molecule has 2 heterocycles. The molecule has 0 radical (unpaired) electrons. The zero-order chi connectivity index (χ0) is 24.3. The number of allylic oxidation sites excluding steroid dienone is 2. The lowest BCUT2D eigenvalue weighted by molar-refractivity contribution is -0.137. The highest BCUT2D eigenvalue weighted by Crippen LogP contribution is 2.41. The molecule has 9 heteroatoms. The molecule has 6 nitrogen and oxygen atoms in total. The van der Waals surface area contributed by atoms with Crippen molar-refractivity contribution in [2.24, 2.45) is 5.41 Å². The van der Waals surface area contributed by atoms with Crippen LogP contribution in [0.1, 0.15) is 24.5 Å². The van der Waals surface area contributed by atoms with Gasteiger partial charge in [0.05, 0.1) is 24.2 Å². The lowest BCUT2D eigenvalue weighted by Gasteiger charge is -2.31. The Morgan fingerprint density at radius 1 is 1.21 bits per heavy atom. The van der Waals surface area contributed by atoms with Crippen molar-refractivity contribution in [2.45, 2.75) is 19.5 Å². The molecule has 1 aromatic carbocycles. The first-order chi connectivity index (χ1) is 16.2. The summed E-state index contributed by atoms with van der Waals surface area (Å²) in [5.74, 6) is 0.201. The van der Waals surface area contributed by atoms with E-state index in [1.807, 2.05) is 6.07 Å². The average Bonchev–Trinajstić information content (AvgIpc) is 2.84. The molecule has 0 bridgehead atoms. The summed E-state index contributed by atoms with van der Waals surface area (Å²) in [4.78, 5) is 31.4. The minimum Gasteiger partial charge on any atom is -0.378 e. The topological polar surface area (TPSA) is 71.5 Å². The SMILES string of the molecule is CC1(C=O)CC=C(C(=O)Nc2cccc(C(F)(F)F)c2)C=C1c1ccnc(N2CCOCC2)c1. The Bertz CT molecular complexity index is 1150. The van der Waals surface area contributed by atoms with Crippen LogP contribution in [0.5, 0.6) is 0 Å². The Kier molecular flexibility index (Phi) is 6.56. The van der Waals surface area contributed by atoms with Gasteiger partial charge < -0.3 is 19.7 Å². The highest BCUT2D eigenvalue weighted by molar-refractivity contribution is 6.08. The summed E-state index contributed by atoms with van der Waals surface area (Å²) in [7, 11) is 0. The number of alkyl halides is 3. The maximum absolute atomic E-state index is 13.0. The second-order valence-electron chi connectivity index (χ2n) is 8.49. The molecule has 1 saturated heterocycles. The summed E-state index contributed by atoms with van der Waals surface area (Å²) in [6, 6.07) is 8.13. The Hall–Kier alpha value is -3.46. The maximum Gasteiger partial charge on any atom is 0.416 e. The number of carbonyl (C=O) groups excluding carboxylic acids is 2. The van der Waals surface area contributed by atoms with Crippen molar-refractivity contribution in [2.75, 3.05) is 36.5 Å². The molecule has 178 valence electrons. The van der Waals surface area contributed by atoms with Crippen LogP contribution in [0.4, 0.5) is 24.7 Å². The van der Waals surface area contributed by atoms with Gasteiger partial charge >= 0.3 is 6.18 Å². The highest BCUT2D eigenvalue weighted by Gasteiger charge is 2.34. The summed E-state index contributed by atoms with van der Waals surface area (Å²) in [6.45, 7) is 4.39. The number of pyridine rings is 1. The van der Waals surface area contributed by atoms with E-state index in [9.17, 15) is 22.8 Å². The van der Waals surface area contributed by atoms with E-state index >= 15 is 0 Å². The fraction of sp³-hybridized carbons (Fsp3) is 0.320. The normalized spacial score (nSPS) is 20.9. The summed E-state index contributed by atoms with van der Waals surface area (Å²) < 4.78 is 44.4. The number of hydrogen-bond acceptors (Lipinski definition) is 5. The van der Waals surface area contributed by atoms with Gasteiger partial charge in [-0.25, -0.2) is 4.98 Å². The predicted molar refractivity (Wildman–Crippen MR) is 122 cm³/mol. The van der Waals surface area contributed by atoms with Crippen LogP contribution in [0.3, 0.4) is 0 Å². The van der Waals surface area contributed by atoms with Crippen LogP contribution in [0.2, 0.25) is 0 Å². The molecule has 1 fully saturated rings. The molecule has 1 N–H and O–H groups in total. The van der Waals surface area contributed by atoms with Crippen LogP contribution in [0, 0.1) is 5.41 Å². The Morgan fingerprint density at radius 2 is 1.97 bits per heavy atom. The summed E-state index contributed by atoms with van der Waals surface area (Å²) in [6.07, 6.45) is 1.54. The molecule has 1 atom stereocenters. The number of amides is 1. The van der Waals surface area contributed by atoms with Gasteiger partial charge in [-0.15, -0.1) is 0 Å². The lowest BCUT2D eigenvalue weighted by Crippen LogP contribution is -2.36. The standard InChI is InChI=1S/C25H24F3N3O3/c1-24(16-32)7-5-18(23(33)30-20-4-2-3-19(15-20)25(26,27)28)13-21(24)17-6-8-29-22(14-17)31-9-11-34-12-10-31/h2-6,8,13-16H,7,9-12H2,1H3,(H,30,33). The number of aldehydes is 1. The van der Waals surface area contributed by atoms with Gasteiger partial charge in [-0.05, 0) is 60.9 Å². The number of anilines is 2. The van der Waals surface area contributed by atoms with Crippen LogP contribution in [0.25, 0.3) is 5.57 Å². The van der Waals surface area contributed by atoms with Gasteiger partial charge in [0.15, 0.2) is 0 Å². The van der Waals surface area contributed by atoms with E-state index in [0.29, 0.717) is 31.9 Å². The predicted octanol–water partition coefficient (Wildman–Crippen LogP) is 4.49. The number of ether oxygens (including phenoxy) is 1. The van der Waals surface area contributed by atoms with Crippen molar-refractivity contribution in [3.05, 3.63) is 71.4 Å². The van der Waals surface area contributed by atoms with E-state index in [-0.39, 0.29) is 17.7 Å². The smallest absolute Gasteiger partial charge is 0.378 e. The first kappa shape index (κ1) is 23.7. The minimum atomic E-state index is -4.51. The van der Waals surface area contributed by atoms with E-state index in [1.54, 1.807) is 31.3 Å². The molecule has 1 aliphatic heterocycles. The zero-order valence-corrected chi connectivity index (χ0v) is 18.6. The monoisotopic (exact) mass is 471 g/mol. The van der Waals surface area contributed by atoms with Gasteiger partial charge in [0.1, 0.15) is 12.1 Å². The molecular formula is C25H24F3N3O3. The van der Waals surface area contributed by atoms with Crippen LogP contribution in [-0.4, -0.2) is 43.5 Å². The second kappa shape index (κ2) is 9.42. The van der Waals surface area contributed by atoms with Crippen molar-refractivity contribution in [3.63, 3.8) is 0 Å². The molecule has 2 aliphatic rings. The molecule has 34 heavy (non-hydrogen) atoms.